The Hall–Kier alpha value is -0.870. The van der Waals surface area contributed by atoms with E-state index in [9.17, 15) is 4.79 Å². The normalized spacial score (nSPS) is 12.2. The van der Waals surface area contributed by atoms with Crippen LogP contribution < -0.4 is 5.73 Å². The number of unbranched alkanes of at least 4 members (excludes halogenated alkanes) is 1. The summed E-state index contributed by atoms with van der Waals surface area (Å²) < 4.78 is 0. The lowest BCUT2D eigenvalue weighted by molar-refractivity contribution is -0.132. The molecule has 0 spiro atoms. The number of hydrogen-bond acceptors (Lipinski definition) is 3. The van der Waals surface area contributed by atoms with Crippen LogP contribution in [0.5, 0.6) is 0 Å². The van der Waals surface area contributed by atoms with Crippen molar-refractivity contribution >= 4 is 5.91 Å². The first-order valence-corrected chi connectivity index (χ1v) is 5.43. The van der Waals surface area contributed by atoms with Gasteiger partial charge in [0.2, 0.25) is 5.91 Å². The second kappa shape index (κ2) is 8.44. The van der Waals surface area contributed by atoms with Crippen LogP contribution in [-0.4, -0.2) is 41.7 Å². The summed E-state index contributed by atoms with van der Waals surface area (Å²) in [6.07, 6.45) is 4.32. The van der Waals surface area contributed by atoms with Crippen LogP contribution in [0.3, 0.4) is 0 Å². The van der Waals surface area contributed by atoms with Gasteiger partial charge in [0.25, 0.3) is 0 Å². The zero-order valence-corrected chi connectivity index (χ0v) is 9.48. The van der Waals surface area contributed by atoms with Gasteiger partial charge >= 0.3 is 0 Å². The number of nitrogens with zero attached hydrogens (tertiary/aromatic N) is 1. The van der Waals surface area contributed by atoms with E-state index in [0.29, 0.717) is 19.5 Å². The lowest BCUT2D eigenvalue weighted by Crippen LogP contribution is -2.45. The Labute approximate surface area is 91.8 Å². The minimum Gasteiger partial charge on any atom is -0.395 e. The van der Waals surface area contributed by atoms with Gasteiger partial charge in [-0.2, -0.15) is 0 Å². The van der Waals surface area contributed by atoms with Crippen molar-refractivity contribution in [2.24, 2.45) is 5.73 Å². The zero-order chi connectivity index (χ0) is 11.7. The molecule has 0 rings (SSSR count). The number of carbonyl (C=O) groups excluding carboxylic acids is 1. The van der Waals surface area contributed by atoms with E-state index in [0.717, 1.165) is 12.8 Å². The minimum atomic E-state index is -0.448. The molecule has 15 heavy (non-hydrogen) atoms. The number of hydrogen-bond donors (Lipinski definition) is 2. The summed E-state index contributed by atoms with van der Waals surface area (Å²) in [6, 6.07) is -0.448. The van der Waals surface area contributed by atoms with E-state index in [2.05, 4.69) is 13.5 Å². The first-order valence-electron chi connectivity index (χ1n) is 5.43. The fourth-order valence-electron chi connectivity index (χ4n) is 1.35. The van der Waals surface area contributed by atoms with Crippen LogP contribution in [0.25, 0.3) is 0 Å². The molecule has 0 saturated carbocycles. The number of carbonyl (C=O) groups is 1. The van der Waals surface area contributed by atoms with Crippen LogP contribution in [0.2, 0.25) is 0 Å². The number of aliphatic hydroxyl groups is 1. The van der Waals surface area contributed by atoms with Crippen LogP contribution in [0.4, 0.5) is 0 Å². The molecular weight excluding hydrogens is 192 g/mol. The molecule has 88 valence electrons. The first kappa shape index (κ1) is 14.1. The molecule has 3 N–H and O–H groups in total. The third kappa shape index (κ3) is 5.54. The van der Waals surface area contributed by atoms with Gasteiger partial charge in [0.1, 0.15) is 0 Å². The molecule has 0 aliphatic heterocycles. The Morgan fingerprint density at radius 1 is 1.67 bits per heavy atom. The largest absolute Gasteiger partial charge is 0.395 e. The Morgan fingerprint density at radius 2 is 2.33 bits per heavy atom. The number of aliphatic hydroxyl groups excluding tert-OH is 1. The Kier molecular flexibility index (Phi) is 7.95. The summed E-state index contributed by atoms with van der Waals surface area (Å²) in [4.78, 5) is 13.3. The molecule has 0 aliphatic carbocycles. The van der Waals surface area contributed by atoms with E-state index in [4.69, 9.17) is 10.8 Å². The average molecular weight is 214 g/mol. The van der Waals surface area contributed by atoms with Crippen LogP contribution >= 0.6 is 0 Å². The highest BCUT2D eigenvalue weighted by Crippen LogP contribution is 2.02. The van der Waals surface area contributed by atoms with Crippen molar-refractivity contribution in [3.05, 3.63) is 12.7 Å². The van der Waals surface area contributed by atoms with E-state index < -0.39 is 6.04 Å². The fraction of sp³-hybridized carbons (Fsp3) is 0.727. The van der Waals surface area contributed by atoms with Gasteiger partial charge in [0.15, 0.2) is 0 Å². The summed E-state index contributed by atoms with van der Waals surface area (Å²) in [5.41, 5.74) is 5.76. The summed E-state index contributed by atoms with van der Waals surface area (Å²) >= 11 is 0. The Bertz CT molecular complexity index is 195. The molecule has 1 unspecified atom stereocenters. The molecule has 0 aromatic heterocycles. The van der Waals surface area contributed by atoms with Crippen molar-refractivity contribution in [3.8, 4) is 0 Å². The molecule has 4 nitrogen and oxygen atoms in total. The monoisotopic (exact) mass is 214 g/mol. The molecule has 4 heteroatoms. The van der Waals surface area contributed by atoms with Gasteiger partial charge in [-0.3, -0.25) is 4.79 Å². The summed E-state index contributed by atoms with van der Waals surface area (Å²) in [7, 11) is 0. The lowest BCUT2D eigenvalue weighted by Gasteiger charge is -2.23. The van der Waals surface area contributed by atoms with Gasteiger partial charge in [-0.15, -0.1) is 6.58 Å². The first-order chi connectivity index (χ1) is 7.17. The summed E-state index contributed by atoms with van der Waals surface area (Å²) in [6.45, 7) is 6.36. The van der Waals surface area contributed by atoms with Gasteiger partial charge in [-0.25, -0.2) is 0 Å². The molecular formula is C11H22N2O2. The average Bonchev–Trinajstić information content (AvgIpc) is 2.24. The van der Waals surface area contributed by atoms with Gasteiger partial charge in [0, 0.05) is 13.1 Å². The maximum absolute atomic E-state index is 11.8. The number of rotatable bonds is 8. The van der Waals surface area contributed by atoms with E-state index in [1.165, 1.54) is 4.90 Å². The maximum atomic E-state index is 11.8. The van der Waals surface area contributed by atoms with E-state index in [1.54, 1.807) is 6.08 Å². The van der Waals surface area contributed by atoms with Crippen molar-refractivity contribution in [2.45, 2.75) is 32.2 Å². The third-order valence-corrected chi connectivity index (χ3v) is 2.22. The van der Waals surface area contributed by atoms with Gasteiger partial charge in [-0.1, -0.05) is 25.8 Å². The summed E-state index contributed by atoms with van der Waals surface area (Å²) in [5.74, 6) is -0.0996. The smallest absolute Gasteiger partial charge is 0.239 e. The van der Waals surface area contributed by atoms with Crippen LogP contribution in [-0.2, 0) is 4.79 Å². The standard InChI is InChI=1S/C11H22N2O2/c1-3-5-6-10(12)11(15)13(7-4-2)8-9-14/h4,10,14H,2-3,5-9,12H2,1H3. The Balaban J connectivity index is 4.14. The molecule has 0 aromatic rings. The van der Waals surface area contributed by atoms with Crippen molar-refractivity contribution in [1.29, 1.82) is 0 Å². The summed E-state index contributed by atoms with van der Waals surface area (Å²) in [5, 5.41) is 8.80. The predicted molar refractivity (Wildman–Crippen MR) is 61.4 cm³/mol. The third-order valence-electron chi connectivity index (χ3n) is 2.22. The number of nitrogens with two attached hydrogens (primary N) is 1. The molecule has 0 bridgehead atoms. The highest BCUT2D eigenvalue weighted by Gasteiger charge is 2.18. The SMILES string of the molecule is C=CCN(CCO)C(=O)C(N)CCCC. The molecule has 0 heterocycles. The predicted octanol–water partition coefficient (Wildman–Crippen LogP) is 0.511. The maximum Gasteiger partial charge on any atom is 0.239 e. The highest BCUT2D eigenvalue weighted by atomic mass is 16.3. The quantitative estimate of drug-likeness (QED) is 0.579. The second-order valence-electron chi connectivity index (χ2n) is 3.55. The van der Waals surface area contributed by atoms with Crippen molar-refractivity contribution < 1.29 is 9.90 Å². The van der Waals surface area contributed by atoms with Crippen molar-refractivity contribution in [3.63, 3.8) is 0 Å². The molecule has 0 fully saturated rings. The van der Waals surface area contributed by atoms with Gasteiger partial charge < -0.3 is 15.7 Å². The van der Waals surface area contributed by atoms with E-state index in [-0.39, 0.29) is 12.5 Å². The van der Waals surface area contributed by atoms with Gasteiger partial charge in [-0.05, 0) is 6.42 Å². The van der Waals surface area contributed by atoms with Crippen LogP contribution in [0.1, 0.15) is 26.2 Å². The van der Waals surface area contributed by atoms with E-state index in [1.807, 2.05) is 0 Å². The van der Waals surface area contributed by atoms with Crippen LogP contribution in [0.15, 0.2) is 12.7 Å². The lowest BCUT2D eigenvalue weighted by atomic mass is 10.1. The topological polar surface area (TPSA) is 66.6 Å². The second-order valence-corrected chi connectivity index (χ2v) is 3.55. The molecule has 1 atom stereocenters. The number of amides is 1. The molecule has 0 saturated heterocycles. The van der Waals surface area contributed by atoms with Gasteiger partial charge in [0.05, 0.1) is 12.6 Å². The fourth-order valence-corrected chi connectivity index (χ4v) is 1.35. The Morgan fingerprint density at radius 3 is 2.80 bits per heavy atom. The minimum absolute atomic E-state index is 0.0416. The van der Waals surface area contributed by atoms with E-state index >= 15 is 0 Å². The van der Waals surface area contributed by atoms with Crippen LogP contribution in [0, 0.1) is 0 Å². The molecule has 0 radical (unpaired) electrons. The molecule has 0 aliphatic rings. The molecule has 0 aromatic carbocycles. The van der Waals surface area contributed by atoms with Crippen molar-refractivity contribution in [2.75, 3.05) is 19.7 Å². The molecule has 1 amide bonds. The highest BCUT2D eigenvalue weighted by molar-refractivity contribution is 5.81. The van der Waals surface area contributed by atoms with Crippen molar-refractivity contribution in [1.82, 2.24) is 4.90 Å². The zero-order valence-electron chi connectivity index (χ0n) is 9.48.